The SMILES string of the molecule is CCOC(=O)C(CO)S(=O)(=O)Nc1ccc(OC)cc1.COc1ccc2c(c1)C=C(C)S(=O)(=O)N2.N#Cc1ccc2ccc(CBr)cc2c1. The number of esters is 1. The molecule has 260 valence electrons. The Morgan fingerprint density at radius 2 is 1.63 bits per heavy atom. The lowest BCUT2D eigenvalue weighted by Gasteiger charge is -2.17. The van der Waals surface area contributed by atoms with Crippen LogP contribution in [0.2, 0.25) is 0 Å². The highest BCUT2D eigenvalue weighted by Gasteiger charge is 2.33. The number of aliphatic hydroxyl groups excluding tert-OH is 1. The van der Waals surface area contributed by atoms with E-state index in [1.54, 1.807) is 57.4 Å². The molecular weight excluding hydrogens is 738 g/mol. The predicted molar refractivity (Wildman–Crippen MR) is 194 cm³/mol. The molecule has 0 spiro atoms. The first kappa shape index (κ1) is 38.8. The third-order valence-corrected chi connectivity index (χ3v) is 10.6. The summed E-state index contributed by atoms with van der Waals surface area (Å²) in [6.07, 6.45) is 1.63. The molecule has 4 aromatic carbocycles. The Hall–Kier alpha value is -4.62. The first-order chi connectivity index (χ1) is 23.3. The van der Waals surface area contributed by atoms with E-state index < -0.39 is 37.9 Å². The van der Waals surface area contributed by atoms with Crippen LogP contribution in [0.5, 0.6) is 11.5 Å². The third-order valence-electron chi connectivity index (χ3n) is 6.91. The van der Waals surface area contributed by atoms with Crippen LogP contribution in [0, 0.1) is 11.3 Å². The summed E-state index contributed by atoms with van der Waals surface area (Å²) in [7, 11) is -4.34. The van der Waals surface area contributed by atoms with Gasteiger partial charge in [0, 0.05) is 16.6 Å². The van der Waals surface area contributed by atoms with Crippen molar-refractivity contribution in [3.63, 3.8) is 0 Å². The smallest absolute Gasteiger partial charge is 0.328 e. The van der Waals surface area contributed by atoms with Crippen molar-refractivity contribution in [1.29, 1.82) is 5.26 Å². The highest BCUT2D eigenvalue weighted by atomic mass is 79.9. The number of halogens is 1. The van der Waals surface area contributed by atoms with Crippen LogP contribution >= 0.6 is 15.9 Å². The van der Waals surface area contributed by atoms with Gasteiger partial charge in [-0.25, -0.2) is 16.8 Å². The average molecular weight is 775 g/mol. The number of nitrogens with zero attached hydrogens (tertiary/aromatic N) is 1. The quantitative estimate of drug-likeness (QED) is 0.139. The van der Waals surface area contributed by atoms with Gasteiger partial charge in [0.15, 0.2) is 5.25 Å². The molecule has 5 rings (SSSR count). The van der Waals surface area contributed by atoms with Crippen LogP contribution in [-0.2, 0) is 34.9 Å². The minimum atomic E-state index is -4.08. The van der Waals surface area contributed by atoms with E-state index in [0.717, 1.165) is 16.3 Å². The topological polar surface area (TPSA) is 181 Å². The van der Waals surface area contributed by atoms with Crippen molar-refractivity contribution in [2.24, 2.45) is 0 Å². The van der Waals surface area contributed by atoms with Gasteiger partial charge in [-0.2, -0.15) is 5.26 Å². The number of ether oxygens (including phenoxy) is 3. The number of fused-ring (bicyclic) bond motifs is 2. The van der Waals surface area contributed by atoms with E-state index in [1.807, 2.05) is 18.2 Å². The van der Waals surface area contributed by atoms with Gasteiger partial charge in [0.05, 0.1) is 49.7 Å². The van der Waals surface area contributed by atoms with E-state index in [1.165, 1.54) is 30.2 Å². The molecule has 0 amide bonds. The highest BCUT2D eigenvalue weighted by molar-refractivity contribution is 9.08. The van der Waals surface area contributed by atoms with E-state index in [0.29, 0.717) is 27.7 Å². The molecule has 0 saturated carbocycles. The Bertz CT molecular complexity index is 2060. The van der Waals surface area contributed by atoms with Crippen LogP contribution in [-0.4, -0.2) is 60.6 Å². The first-order valence-electron chi connectivity index (χ1n) is 14.6. The number of carbonyl (C=O) groups is 1. The summed E-state index contributed by atoms with van der Waals surface area (Å²) >= 11 is 3.41. The maximum atomic E-state index is 12.0. The molecule has 0 bridgehead atoms. The van der Waals surface area contributed by atoms with Crippen molar-refractivity contribution < 1.29 is 40.9 Å². The van der Waals surface area contributed by atoms with Gasteiger partial charge in [0.1, 0.15) is 11.5 Å². The van der Waals surface area contributed by atoms with E-state index in [4.69, 9.17) is 19.8 Å². The van der Waals surface area contributed by atoms with Crippen LogP contribution in [0.15, 0.2) is 83.8 Å². The normalized spacial score (nSPS) is 13.3. The average Bonchev–Trinajstić information content (AvgIpc) is 3.09. The molecule has 1 aliphatic heterocycles. The molecule has 0 aliphatic carbocycles. The summed E-state index contributed by atoms with van der Waals surface area (Å²) < 4.78 is 66.3. The van der Waals surface area contributed by atoms with E-state index in [-0.39, 0.29) is 12.3 Å². The summed E-state index contributed by atoms with van der Waals surface area (Å²) in [4.78, 5) is 11.8. The highest BCUT2D eigenvalue weighted by Crippen LogP contribution is 2.30. The maximum Gasteiger partial charge on any atom is 0.328 e. The Kier molecular flexibility index (Phi) is 14.0. The number of anilines is 2. The molecular formula is C34H36BrN3O9S2. The molecule has 0 fully saturated rings. The van der Waals surface area contributed by atoms with Crippen molar-refractivity contribution in [2.75, 3.05) is 36.9 Å². The number of nitriles is 1. The van der Waals surface area contributed by atoms with Crippen LogP contribution in [0.4, 0.5) is 11.4 Å². The van der Waals surface area contributed by atoms with Gasteiger partial charge in [-0.15, -0.1) is 0 Å². The van der Waals surface area contributed by atoms with Gasteiger partial charge in [-0.05, 0) is 90.9 Å². The number of nitrogens with one attached hydrogen (secondary N) is 2. The standard InChI is InChI=1S/C12H8BrN.C12H17NO6S.C10H11NO3S/c13-7-9-1-3-11-4-2-10(8-14)6-12(11)5-9;1-3-19-12(15)11(8-14)20(16,17)13-9-4-6-10(18-2)7-5-9;1-7-5-8-6-9(14-2)3-4-10(8)11-15(7,12)13/h1-6H,7H2;4-7,11,13-14H,3,8H2,1-2H3;3-6,11H,1-2H3. The lowest BCUT2D eigenvalue weighted by atomic mass is 10.1. The summed E-state index contributed by atoms with van der Waals surface area (Å²) in [6.45, 7) is 2.29. The molecule has 1 aliphatic rings. The Morgan fingerprint density at radius 1 is 0.980 bits per heavy atom. The van der Waals surface area contributed by atoms with Gasteiger partial charge in [-0.1, -0.05) is 40.2 Å². The summed E-state index contributed by atoms with van der Waals surface area (Å²) in [5.74, 6) is 0.284. The zero-order valence-corrected chi connectivity index (χ0v) is 30.4. The number of rotatable bonds is 9. The monoisotopic (exact) mass is 773 g/mol. The molecule has 0 saturated heterocycles. The zero-order valence-electron chi connectivity index (χ0n) is 27.1. The van der Waals surface area contributed by atoms with Gasteiger partial charge in [0.25, 0.3) is 10.0 Å². The van der Waals surface area contributed by atoms with Gasteiger partial charge in [-0.3, -0.25) is 14.2 Å². The molecule has 1 atom stereocenters. The Balaban J connectivity index is 0.000000203. The second-order valence-corrected chi connectivity index (χ2v) is 14.5. The van der Waals surface area contributed by atoms with Crippen LogP contribution in [0.3, 0.4) is 0 Å². The Morgan fingerprint density at radius 3 is 2.22 bits per heavy atom. The number of sulfonamides is 2. The van der Waals surface area contributed by atoms with E-state index in [9.17, 15) is 21.6 Å². The molecule has 4 aromatic rings. The van der Waals surface area contributed by atoms with Crippen LogP contribution in [0.25, 0.3) is 16.8 Å². The van der Waals surface area contributed by atoms with Gasteiger partial charge < -0.3 is 19.3 Å². The van der Waals surface area contributed by atoms with Gasteiger partial charge in [0.2, 0.25) is 10.0 Å². The number of allylic oxidation sites excluding steroid dienone is 1. The van der Waals surface area contributed by atoms with Crippen molar-refractivity contribution in [3.8, 4) is 17.6 Å². The van der Waals surface area contributed by atoms with E-state index >= 15 is 0 Å². The van der Waals surface area contributed by atoms with Gasteiger partial charge >= 0.3 is 5.97 Å². The molecule has 3 N–H and O–H groups in total. The fourth-order valence-corrected chi connectivity index (χ4v) is 6.67. The van der Waals surface area contributed by atoms with Crippen molar-refractivity contribution in [2.45, 2.75) is 24.4 Å². The number of hydrogen-bond donors (Lipinski definition) is 3. The van der Waals surface area contributed by atoms with Crippen molar-refractivity contribution in [1.82, 2.24) is 0 Å². The Labute approximate surface area is 294 Å². The lowest BCUT2D eigenvalue weighted by molar-refractivity contribution is -0.143. The molecule has 12 nitrogen and oxygen atoms in total. The minimum absolute atomic E-state index is 0.0351. The molecule has 49 heavy (non-hydrogen) atoms. The molecule has 0 radical (unpaired) electrons. The first-order valence-corrected chi connectivity index (χ1v) is 18.8. The maximum absolute atomic E-state index is 12.0. The largest absolute Gasteiger partial charge is 0.497 e. The van der Waals surface area contributed by atoms with Crippen LogP contribution in [0.1, 0.15) is 30.5 Å². The van der Waals surface area contributed by atoms with E-state index in [2.05, 4.69) is 54.4 Å². The fraction of sp³-hybridized carbons (Fsp3) is 0.235. The molecule has 1 unspecified atom stereocenters. The number of carbonyl (C=O) groups excluding carboxylic acids is 1. The second-order valence-electron chi connectivity index (χ2n) is 10.3. The van der Waals surface area contributed by atoms with Crippen LogP contribution < -0.4 is 18.9 Å². The fourth-order valence-electron chi connectivity index (χ4n) is 4.28. The summed E-state index contributed by atoms with van der Waals surface area (Å²) in [5.41, 5.74) is 3.61. The number of aliphatic hydroxyl groups is 1. The minimum Gasteiger partial charge on any atom is -0.497 e. The molecule has 0 aromatic heterocycles. The number of alkyl halides is 1. The zero-order chi connectivity index (χ0) is 36.2. The number of hydrogen-bond acceptors (Lipinski definition) is 10. The molecule has 15 heteroatoms. The number of methoxy groups -OCH3 is 2. The number of benzene rings is 4. The van der Waals surface area contributed by atoms with Crippen molar-refractivity contribution >= 4 is 70.2 Å². The second kappa shape index (κ2) is 17.7. The summed E-state index contributed by atoms with van der Waals surface area (Å²) in [5, 5.41) is 19.3. The van der Waals surface area contributed by atoms with Crippen molar-refractivity contribution in [3.05, 3.63) is 100 Å². The lowest BCUT2D eigenvalue weighted by Crippen LogP contribution is -2.39. The third kappa shape index (κ3) is 10.7. The predicted octanol–water partition coefficient (Wildman–Crippen LogP) is 5.78. The molecule has 1 heterocycles. The summed E-state index contributed by atoms with van der Waals surface area (Å²) in [6, 6.07) is 25.4.